The quantitative estimate of drug-likeness (QED) is 0.380. The molecule has 0 N–H and O–H groups in total. The van der Waals surface area contributed by atoms with Crippen LogP contribution >= 0.6 is 0 Å². The van der Waals surface area contributed by atoms with Gasteiger partial charge in [-0.25, -0.2) is 9.69 Å². The van der Waals surface area contributed by atoms with Crippen molar-refractivity contribution >= 4 is 23.8 Å². The molecular formula is C23H27N3O5. The monoisotopic (exact) mass is 425 g/mol. The molecule has 1 aromatic rings. The highest BCUT2D eigenvalue weighted by atomic mass is 16.3. The van der Waals surface area contributed by atoms with Gasteiger partial charge in [0.15, 0.2) is 0 Å². The molecule has 31 heavy (non-hydrogen) atoms. The minimum atomic E-state index is -0.955. The van der Waals surface area contributed by atoms with Crippen molar-refractivity contribution in [2.24, 2.45) is 17.8 Å². The first-order valence-electron chi connectivity index (χ1n) is 11.0. The lowest BCUT2D eigenvalue weighted by Crippen LogP contribution is -2.62. The van der Waals surface area contributed by atoms with Crippen LogP contribution in [0, 0.1) is 17.8 Å². The molecule has 1 aromatic heterocycles. The van der Waals surface area contributed by atoms with Crippen LogP contribution in [0.5, 0.6) is 0 Å². The highest BCUT2D eigenvalue weighted by Gasteiger charge is 2.55. The van der Waals surface area contributed by atoms with Crippen LogP contribution in [0.2, 0.25) is 0 Å². The number of carbonyl (C=O) groups excluding carboxylic acids is 4. The average Bonchev–Trinajstić information content (AvgIpc) is 3.30. The minimum Gasteiger partial charge on any atom is -0.467 e. The molecule has 8 heteroatoms. The van der Waals surface area contributed by atoms with E-state index in [0.29, 0.717) is 30.1 Å². The Balaban J connectivity index is 1.42. The van der Waals surface area contributed by atoms with Crippen LogP contribution in [-0.2, 0) is 20.9 Å². The van der Waals surface area contributed by atoms with Crippen LogP contribution in [0.4, 0.5) is 4.79 Å². The molecule has 8 nitrogen and oxygen atoms in total. The summed E-state index contributed by atoms with van der Waals surface area (Å²) in [5.74, 6) is 0.364. The van der Waals surface area contributed by atoms with E-state index in [4.69, 9.17) is 4.42 Å². The van der Waals surface area contributed by atoms with E-state index in [9.17, 15) is 19.2 Å². The van der Waals surface area contributed by atoms with Crippen molar-refractivity contribution in [2.45, 2.75) is 50.6 Å². The van der Waals surface area contributed by atoms with Gasteiger partial charge in [0.25, 0.3) is 0 Å². The van der Waals surface area contributed by atoms with Gasteiger partial charge >= 0.3 is 17.8 Å². The fourth-order valence-electron chi connectivity index (χ4n) is 6.67. The van der Waals surface area contributed by atoms with Crippen molar-refractivity contribution in [3.63, 3.8) is 0 Å². The van der Waals surface area contributed by atoms with E-state index < -0.39 is 24.4 Å². The molecule has 164 valence electrons. The summed E-state index contributed by atoms with van der Waals surface area (Å²) >= 11 is 0. The molecule has 4 aliphatic carbocycles. The van der Waals surface area contributed by atoms with Gasteiger partial charge in [0.2, 0.25) is 5.91 Å². The number of rotatable bonds is 7. The van der Waals surface area contributed by atoms with Crippen molar-refractivity contribution < 1.29 is 23.6 Å². The normalized spacial score (nSPS) is 31.6. The maximum absolute atomic E-state index is 13.6. The molecule has 1 aliphatic heterocycles. The summed E-state index contributed by atoms with van der Waals surface area (Å²) in [4.78, 5) is 54.2. The second kappa shape index (κ2) is 7.35. The van der Waals surface area contributed by atoms with E-state index in [2.05, 4.69) is 6.58 Å². The Morgan fingerprint density at radius 3 is 2.26 bits per heavy atom. The first-order valence-corrected chi connectivity index (χ1v) is 11.0. The Morgan fingerprint density at radius 1 is 1.10 bits per heavy atom. The lowest BCUT2D eigenvalue weighted by Gasteiger charge is -2.60. The average molecular weight is 425 g/mol. The van der Waals surface area contributed by atoms with E-state index in [1.807, 2.05) is 11.0 Å². The number of furan rings is 1. The van der Waals surface area contributed by atoms with E-state index in [0.717, 1.165) is 29.1 Å². The smallest absolute Gasteiger partial charge is 0.335 e. The number of amides is 5. The van der Waals surface area contributed by atoms with Gasteiger partial charge in [0.05, 0.1) is 12.8 Å². The molecular weight excluding hydrogens is 398 g/mol. The summed E-state index contributed by atoms with van der Waals surface area (Å²) in [6.07, 6.45) is 9.52. The van der Waals surface area contributed by atoms with Crippen LogP contribution in [0.15, 0.2) is 35.5 Å². The maximum atomic E-state index is 13.6. The van der Waals surface area contributed by atoms with Gasteiger partial charge in [-0.3, -0.25) is 19.3 Å². The first-order chi connectivity index (χ1) is 14.9. The summed E-state index contributed by atoms with van der Waals surface area (Å²) in [5, 5.41) is 0. The molecule has 2 heterocycles. The lowest BCUT2D eigenvalue weighted by atomic mass is 9.52. The molecule has 4 saturated carbocycles. The predicted molar refractivity (Wildman–Crippen MR) is 109 cm³/mol. The standard InChI is InChI=1S/C23H27N3O5/c1-2-5-24-20(28)21(29)25(22(24)30)14-19(27)26(13-18-4-3-6-31-18)23-10-15-7-16(11-23)9-17(8-15)12-23/h2-4,6,15-17H,1,5,7-14H2. The van der Waals surface area contributed by atoms with E-state index >= 15 is 0 Å². The second-order valence-corrected chi connectivity index (χ2v) is 9.58. The van der Waals surface area contributed by atoms with Gasteiger partial charge in [0.1, 0.15) is 12.3 Å². The van der Waals surface area contributed by atoms with Gasteiger partial charge in [-0.15, -0.1) is 6.58 Å². The molecule has 0 spiro atoms. The third-order valence-electron chi connectivity index (χ3n) is 7.51. The van der Waals surface area contributed by atoms with Crippen LogP contribution in [0.3, 0.4) is 0 Å². The molecule has 0 atom stereocenters. The van der Waals surface area contributed by atoms with Gasteiger partial charge < -0.3 is 9.32 Å². The van der Waals surface area contributed by atoms with E-state index in [1.54, 1.807) is 12.3 Å². The zero-order valence-electron chi connectivity index (χ0n) is 17.5. The van der Waals surface area contributed by atoms with E-state index in [-0.39, 0.29) is 18.0 Å². The summed E-state index contributed by atoms with van der Waals surface area (Å²) in [6, 6.07) is 2.87. The second-order valence-electron chi connectivity index (χ2n) is 9.58. The summed E-state index contributed by atoms with van der Waals surface area (Å²) in [7, 11) is 0. The van der Waals surface area contributed by atoms with Crippen molar-refractivity contribution in [3.8, 4) is 0 Å². The molecule has 0 aromatic carbocycles. The molecule has 0 radical (unpaired) electrons. The number of imide groups is 2. The lowest BCUT2D eigenvalue weighted by molar-refractivity contribution is -0.155. The minimum absolute atomic E-state index is 0.0564. The van der Waals surface area contributed by atoms with E-state index in [1.165, 1.54) is 25.3 Å². The summed E-state index contributed by atoms with van der Waals surface area (Å²) in [5.41, 5.74) is -0.269. The molecule has 5 amide bonds. The molecule has 5 aliphatic rings. The zero-order chi connectivity index (χ0) is 21.8. The number of hydrogen-bond donors (Lipinski definition) is 0. The van der Waals surface area contributed by atoms with Gasteiger partial charge in [-0.05, 0) is 68.4 Å². The fraction of sp³-hybridized carbons (Fsp3) is 0.565. The Labute approximate surface area is 180 Å². The number of hydrogen-bond acceptors (Lipinski definition) is 5. The topological polar surface area (TPSA) is 91.1 Å². The SMILES string of the molecule is C=CCN1C(=O)C(=O)N(CC(=O)N(Cc2ccco2)C23CC4CC(CC(C4)C2)C3)C1=O. The van der Waals surface area contributed by atoms with Crippen molar-refractivity contribution in [1.82, 2.24) is 14.7 Å². The van der Waals surface area contributed by atoms with Crippen LogP contribution in [-0.4, -0.2) is 57.1 Å². The zero-order valence-corrected chi connectivity index (χ0v) is 17.5. The number of nitrogens with zero attached hydrogens (tertiary/aromatic N) is 3. The van der Waals surface area contributed by atoms with Crippen molar-refractivity contribution in [3.05, 3.63) is 36.8 Å². The van der Waals surface area contributed by atoms with Crippen molar-refractivity contribution in [2.75, 3.05) is 13.1 Å². The number of urea groups is 1. The molecule has 4 bridgehead atoms. The van der Waals surface area contributed by atoms with Gasteiger partial charge in [-0.1, -0.05) is 6.08 Å². The van der Waals surface area contributed by atoms with Gasteiger partial charge in [0, 0.05) is 12.1 Å². The third kappa shape index (κ3) is 3.28. The van der Waals surface area contributed by atoms with Crippen LogP contribution in [0.25, 0.3) is 0 Å². The molecule has 5 fully saturated rings. The molecule has 6 rings (SSSR count). The maximum Gasteiger partial charge on any atom is 0.335 e. The first kappa shape index (κ1) is 20.0. The largest absolute Gasteiger partial charge is 0.467 e. The Hall–Kier alpha value is -2.90. The predicted octanol–water partition coefficient (Wildman–Crippen LogP) is 2.55. The molecule has 0 unspecified atom stereocenters. The van der Waals surface area contributed by atoms with Crippen molar-refractivity contribution in [1.29, 1.82) is 0 Å². The highest BCUT2D eigenvalue weighted by molar-refractivity contribution is 6.45. The summed E-state index contributed by atoms with van der Waals surface area (Å²) < 4.78 is 5.54. The third-order valence-corrected chi connectivity index (χ3v) is 7.51. The van der Waals surface area contributed by atoms with Gasteiger partial charge in [-0.2, -0.15) is 0 Å². The Morgan fingerprint density at radius 2 is 1.71 bits per heavy atom. The fourth-order valence-corrected chi connectivity index (χ4v) is 6.67. The van der Waals surface area contributed by atoms with Crippen LogP contribution in [0.1, 0.15) is 44.3 Å². The molecule has 1 saturated heterocycles. The number of carbonyl (C=O) groups is 4. The Bertz CT molecular complexity index is 902. The summed E-state index contributed by atoms with van der Waals surface area (Å²) in [6.45, 7) is 3.34. The highest BCUT2D eigenvalue weighted by Crippen LogP contribution is 2.58. The van der Waals surface area contributed by atoms with Crippen LogP contribution < -0.4 is 0 Å². The Kier molecular flexibility index (Phi) is 4.75.